The monoisotopic (exact) mass is 445 g/mol. The lowest BCUT2D eigenvalue weighted by atomic mass is 9.70. The number of benzene rings is 3. The molecule has 0 N–H and O–H groups in total. The van der Waals surface area contributed by atoms with Crippen LogP contribution in [0.5, 0.6) is 0 Å². The second-order valence-corrected chi connectivity index (χ2v) is 7.69. The summed E-state index contributed by atoms with van der Waals surface area (Å²) in [6.45, 7) is 0. The minimum atomic E-state index is -2.29. The Hall–Kier alpha value is -3.60. The van der Waals surface area contributed by atoms with Crippen LogP contribution >= 0.6 is 0 Å². The van der Waals surface area contributed by atoms with E-state index < -0.39 is 40.1 Å². The molecule has 3 aromatic carbocycles. The van der Waals surface area contributed by atoms with Crippen LogP contribution in [0.2, 0.25) is 0 Å². The normalized spacial score (nSPS) is 11.2. The van der Waals surface area contributed by atoms with Crippen molar-refractivity contribution in [1.29, 1.82) is 5.26 Å². The highest BCUT2D eigenvalue weighted by Crippen LogP contribution is 2.43. The lowest BCUT2D eigenvalue weighted by molar-refractivity contribution is 0.364. The molecule has 3 nitrogen and oxygen atoms in total. The predicted octanol–water partition coefficient (Wildman–Crippen LogP) is 5.37. The summed E-state index contributed by atoms with van der Waals surface area (Å²) in [4.78, 5) is 3.53. The quantitative estimate of drug-likeness (QED) is 0.229. The number of nitrogens with zero attached hydrogens (tertiary/aromatic N) is 3. The van der Waals surface area contributed by atoms with E-state index in [1.54, 1.807) is 62.3 Å². The van der Waals surface area contributed by atoms with Crippen molar-refractivity contribution in [3.05, 3.63) is 94.3 Å². The highest BCUT2D eigenvalue weighted by Gasteiger charge is 2.45. The van der Waals surface area contributed by atoms with Gasteiger partial charge in [-0.1, -0.05) is 24.3 Å². The van der Waals surface area contributed by atoms with Gasteiger partial charge in [-0.3, -0.25) is 0 Å². The molecule has 32 heavy (non-hydrogen) atoms. The maximum atomic E-state index is 15.0. The number of halogens is 5. The highest BCUT2D eigenvalue weighted by molar-refractivity contribution is 5.61. The van der Waals surface area contributed by atoms with Gasteiger partial charge in [0.05, 0.1) is 11.6 Å². The zero-order valence-electron chi connectivity index (χ0n) is 17.9. The van der Waals surface area contributed by atoms with Gasteiger partial charge in [-0.25, -0.2) is 22.0 Å². The Kier molecular flexibility index (Phi) is 6.13. The standard InChI is InChI=1S/C24H20F5N3/c1-31(2)16-9-5-14(6-10-16)24(13-30,15-7-11-17(12-8-15)32(3)4)18-19(25)21(27)23(29)22(28)20(18)26/h5-12H,1-4H3. The smallest absolute Gasteiger partial charge is 0.200 e. The summed E-state index contributed by atoms with van der Waals surface area (Å²) in [7, 11) is 7.10. The Bertz CT molecular complexity index is 1100. The van der Waals surface area contributed by atoms with Crippen LogP contribution in [0, 0.1) is 40.4 Å². The number of anilines is 2. The van der Waals surface area contributed by atoms with Gasteiger partial charge in [0.2, 0.25) is 5.82 Å². The van der Waals surface area contributed by atoms with E-state index in [1.165, 1.54) is 24.3 Å². The molecular formula is C24H20F5N3. The first-order valence-corrected chi connectivity index (χ1v) is 9.55. The predicted molar refractivity (Wildman–Crippen MR) is 113 cm³/mol. The van der Waals surface area contributed by atoms with Gasteiger partial charge in [0.1, 0.15) is 5.41 Å². The molecule has 0 bridgehead atoms. The van der Waals surface area contributed by atoms with E-state index >= 15 is 0 Å². The largest absolute Gasteiger partial charge is 0.378 e. The molecule has 0 aromatic heterocycles. The number of nitriles is 1. The minimum absolute atomic E-state index is 0.0615. The SMILES string of the molecule is CN(C)c1ccc(C(C#N)(c2ccc(N(C)C)cc2)c2c(F)c(F)c(F)c(F)c2F)cc1. The first-order chi connectivity index (χ1) is 15.1. The maximum absolute atomic E-state index is 15.0. The Morgan fingerprint density at radius 2 is 0.906 bits per heavy atom. The summed E-state index contributed by atoms with van der Waals surface area (Å²) < 4.78 is 72.0. The van der Waals surface area contributed by atoms with Crippen LogP contribution in [0.4, 0.5) is 33.3 Å². The molecule has 3 aromatic rings. The molecule has 0 atom stereocenters. The van der Waals surface area contributed by atoms with Crippen molar-refractivity contribution < 1.29 is 22.0 Å². The second-order valence-electron chi connectivity index (χ2n) is 7.69. The zero-order chi connectivity index (χ0) is 23.8. The van der Waals surface area contributed by atoms with E-state index in [9.17, 15) is 27.2 Å². The fourth-order valence-corrected chi connectivity index (χ4v) is 3.59. The molecule has 0 spiro atoms. The fraction of sp³-hybridized carbons (Fsp3) is 0.208. The first kappa shape index (κ1) is 23.1. The van der Waals surface area contributed by atoms with Crippen molar-refractivity contribution in [2.75, 3.05) is 38.0 Å². The lowest BCUT2D eigenvalue weighted by Gasteiger charge is -2.30. The third kappa shape index (κ3) is 3.54. The van der Waals surface area contributed by atoms with Gasteiger partial charge < -0.3 is 9.80 Å². The van der Waals surface area contributed by atoms with Crippen molar-refractivity contribution >= 4 is 11.4 Å². The van der Waals surface area contributed by atoms with Crippen molar-refractivity contribution in [1.82, 2.24) is 0 Å². The molecule has 0 amide bonds. The van der Waals surface area contributed by atoms with Crippen LogP contribution < -0.4 is 9.80 Å². The van der Waals surface area contributed by atoms with Gasteiger partial charge in [0.15, 0.2) is 23.3 Å². The summed E-state index contributed by atoms with van der Waals surface area (Å²) in [5, 5.41) is 10.3. The van der Waals surface area contributed by atoms with E-state index in [1.807, 2.05) is 6.07 Å². The fourth-order valence-electron chi connectivity index (χ4n) is 3.59. The summed E-state index contributed by atoms with van der Waals surface area (Å²) in [5.74, 6) is -10.6. The molecule has 0 saturated heterocycles. The molecule has 8 heteroatoms. The zero-order valence-corrected chi connectivity index (χ0v) is 17.9. The molecule has 0 aliphatic heterocycles. The molecule has 0 fully saturated rings. The van der Waals surface area contributed by atoms with Gasteiger partial charge in [-0.2, -0.15) is 5.26 Å². The van der Waals surface area contributed by atoms with Crippen LogP contribution in [-0.4, -0.2) is 28.2 Å². The van der Waals surface area contributed by atoms with Crippen molar-refractivity contribution in [3.63, 3.8) is 0 Å². The van der Waals surface area contributed by atoms with E-state index in [2.05, 4.69) is 0 Å². The summed E-state index contributed by atoms with van der Waals surface area (Å²) >= 11 is 0. The average molecular weight is 445 g/mol. The van der Waals surface area contributed by atoms with Gasteiger partial charge in [-0.15, -0.1) is 0 Å². The van der Waals surface area contributed by atoms with Gasteiger partial charge in [0.25, 0.3) is 0 Å². The minimum Gasteiger partial charge on any atom is -0.378 e. The summed E-state index contributed by atoms with van der Waals surface area (Å²) in [5.41, 5.74) is -1.94. The van der Waals surface area contributed by atoms with Crippen LogP contribution in [0.25, 0.3) is 0 Å². The van der Waals surface area contributed by atoms with E-state index in [-0.39, 0.29) is 11.1 Å². The number of hydrogen-bond donors (Lipinski definition) is 0. The first-order valence-electron chi connectivity index (χ1n) is 9.55. The number of hydrogen-bond acceptors (Lipinski definition) is 3. The molecule has 0 aliphatic rings. The van der Waals surface area contributed by atoms with Gasteiger partial charge in [-0.05, 0) is 35.4 Å². The molecule has 0 aliphatic carbocycles. The van der Waals surface area contributed by atoms with Crippen molar-refractivity contribution in [2.45, 2.75) is 5.41 Å². The maximum Gasteiger partial charge on any atom is 0.200 e. The van der Waals surface area contributed by atoms with Crippen molar-refractivity contribution in [2.24, 2.45) is 0 Å². The van der Waals surface area contributed by atoms with Crippen LogP contribution in [0.15, 0.2) is 48.5 Å². The Morgan fingerprint density at radius 3 is 1.19 bits per heavy atom. The van der Waals surface area contributed by atoms with E-state index in [0.717, 1.165) is 11.4 Å². The Labute approximate surface area is 182 Å². The summed E-state index contributed by atoms with van der Waals surface area (Å²) in [6, 6.07) is 14.0. The molecule has 0 unspecified atom stereocenters. The van der Waals surface area contributed by atoms with Crippen LogP contribution in [0.1, 0.15) is 16.7 Å². The molecule has 3 rings (SSSR count). The van der Waals surface area contributed by atoms with Crippen molar-refractivity contribution in [3.8, 4) is 6.07 Å². The highest BCUT2D eigenvalue weighted by atomic mass is 19.2. The topological polar surface area (TPSA) is 30.3 Å². The number of rotatable bonds is 5. The van der Waals surface area contributed by atoms with E-state index in [0.29, 0.717) is 0 Å². The summed E-state index contributed by atoms with van der Waals surface area (Å²) in [6.07, 6.45) is 0. The molecule has 0 saturated carbocycles. The molecule has 166 valence electrons. The van der Waals surface area contributed by atoms with Gasteiger partial charge >= 0.3 is 0 Å². The lowest BCUT2D eigenvalue weighted by Crippen LogP contribution is -2.32. The van der Waals surface area contributed by atoms with Gasteiger partial charge in [0, 0.05) is 39.6 Å². The average Bonchev–Trinajstić information content (AvgIpc) is 2.79. The van der Waals surface area contributed by atoms with E-state index in [4.69, 9.17) is 0 Å². The molecular weight excluding hydrogens is 425 g/mol. The second kappa shape index (κ2) is 8.50. The third-order valence-electron chi connectivity index (χ3n) is 5.39. The molecule has 0 radical (unpaired) electrons. The Balaban J connectivity index is 2.43. The van der Waals surface area contributed by atoms with Crippen LogP contribution in [-0.2, 0) is 5.41 Å². The van der Waals surface area contributed by atoms with Crippen LogP contribution in [0.3, 0.4) is 0 Å². The Morgan fingerprint density at radius 1 is 0.594 bits per heavy atom. The third-order valence-corrected chi connectivity index (χ3v) is 5.39. The molecule has 0 heterocycles.